The van der Waals surface area contributed by atoms with Crippen molar-refractivity contribution >= 4 is 11.6 Å². The van der Waals surface area contributed by atoms with Crippen LogP contribution in [-0.2, 0) is 11.3 Å². The van der Waals surface area contributed by atoms with Gasteiger partial charge in [-0.3, -0.25) is 4.79 Å². The number of methoxy groups -OCH3 is 1. The first-order valence-corrected chi connectivity index (χ1v) is 5.95. The molecule has 0 bridgehead atoms. The Labute approximate surface area is 115 Å². The van der Waals surface area contributed by atoms with Crippen LogP contribution in [0.3, 0.4) is 0 Å². The molecule has 104 valence electrons. The summed E-state index contributed by atoms with van der Waals surface area (Å²) < 4.78 is 31.9. The largest absolute Gasteiger partial charge is 0.380 e. The summed E-state index contributed by atoms with van der Waals surface area (Å²) in [7, 11) is 1.56. The van der Waals surface area contributed by atoms with E-state index >= 15 is 0 Å². The van der Waals surface area contributed by atoms with Crippen LogP contribution in [-0.4, -0.2) is 13.0 Å². The van der Waals surface area contributed by atoms with Gasteiger partial charge < -0.3 is 10.1 Å². The maximum atomic E-state index is 13.5. The summed E-state index contributed by atoms with van der Waals surface area (Å²) in [6.07, 6.45) is 0. The van der Waals surface area contributed by atoms with Gasteiger partial charge in [-0.05, 0) is 29.8 Å². The number of carbonyl (C=O) groups excluding carboxylic acids is 1. The number of hydrogen-bond donors (Lipinski definition) is 1. The lowest BCUT2D eigenvalue weighted by Crippen LogP contribution is -2.15. The number of rotatable bonds is 4. The van der Waals surface area contributed by atoms with Gasteiger partial charge in [0.15, 0.2) is 0 Å². The van der Waals surface area contributed by atoms with E-state index in [4.69, 9.17) is 4.74 Å². The molecule has 0 unspecified atom stereocenters. The van der Waals surface area contributed by atoms with E-state index in [1.54, 1.807) is 25.3 Å². The van der Waals surface area contributed by atoms with Gasteiger partial charge in [-0.1, -0.05) is 18.2 Å². The van der Waals surface area contributed by atoms with Crippen molar-refractivity contribution in [3.05, 3.63) is 65.2 Å². The van der Waals surface area contributed by atoms with Crippen molar-refractivity contribution < 1.29 is 18.3 Å². The van der Waals surface area contributed by atoms with E-state index in [0.29, 0.717) is 12.3 Å². The maximum Gasteiger partial charge on any atom is 0.261 e. The summed E-state index contributed by atoms with van der Waals surface area (Å²) in [4.78, 5) is 11.9. The van der Waals surface area contributed by atoms with Gasteiger partial charge in [-0.15, -0.1) is 0 Å². The molecule has 0 aliphatic heterocycles. The van der Waals surface area contributed by atoms with Gasteiger partial charge in [0.25, 0.3) is 5.91 Å². The Morgan fingerprint density at radius 1 is 1.15 bits per heavy atom. The second-order valence-corrected chi connectivity index (χ2v) is 4.18. The number of carbonyl (C=O) groups is 1. The third kappa shape index (κ3) is 3.19. The number of benzene rings is 2. The molecule has 2 rings (SSSR count). The maximum absolute atomic E-state index is 13.5. The molecule has 0 saturated carbocycles. The van der Waals surface area contributed by atoms with E-state index in [1.165, 1.54) is 6.07 Å². The number of halogens is 2. The topological polar surface area (TPSA) is 38.3 Å². The molecule has 1 N–H and O–H groups in total. The summed E-state index contributed by atoms with van der Waals surface area (Å²) in [5.74, 6) is -2.61. The van der Waals surface area contributed by atoms with Crippen LogP contribution in [0.15, 0.2) is 42.5 Å². The van der Waals surface area contributed by atoms with E-state index in [-0.39, 0.29) is 0 Å². The number of ether oxygens (including phenoxy) is 1. The van der Waals surface area contributed by atoms with Crippen LogP contribution in [0.1, 0.15) is 15.9 Å². The van der Waals surface area contributed by atoms with Gasteiger partial charge in [0.1, 0.15) is 17.2 Å². The zero-order chi connectivity index (χ0) is 14.5. The summed E-state index contributed by atoms with van der Waals surface area (Å²) >= 11 is 0. The lowest BCUT2D eigenvalue weighted by atomic mass is 10.1. The van der Waals surface area contributed by atoms with Crippen molar-refractivity contribution in [1.82, 2.24) is 0 Å². The lowest BCUT2D eigenvalue weighted by molar-refractivity contribution is 0.101. The average Bonchev–Trinajstić information content (AvgIpc) is 2.39. The van der Waals surface area contributed by atoms with Crippen molar-refractivity contribution in [2.45, 2.75) is 6.61 Å². The Morgan fingerprint density at radius 3 is 2.45 bits per heavy atom. The first-order chi connectivity index (χ1) is 9.61. The molecule has 0 spiro atoms. The van der Waals surface area contributed by atoms with E-state index in [2.05, 4.69) is 5.32 Å². The normalized spacial score (nSPS) is 10.3. The van der Waals surface area contributed by atoms with Gasteiger partial charge in [-0.2, -0.15) is 0 Å². The Hall–Kier alpha value is -2.27. The third-order valence-corrected chi connectivity index (χ3v) is 2.69. The fourth-order valence-electron chi connectivity index (χ4n) is 1.81. The number of anilines is 1. The molecular weight excluding hydrogens is 264 g/mol. The van der Waals surface area contributed by atoms with Crippen LogP contribution in [0.5, 0.6) is 0 Å². The number of nitrogens with one attached hydrogen (secondary N) is 1. The number of hydrogen-bond acceptors (Lipinski definition) is 2. The van der Waals surface area contributed by atoms with Crippen LogP contribution in [0.4, 0.5) is 14.5 Å². The van der Waals surface area contributed by atoms with Gasteiger partial charge in [0, 0.05) is 12.8 Å². The molecule has 0 aliphatic rings. The van der Waals surface area contributed by atoms with Crippen molar-refractivity contribution in [3.8, 4) is 0 Å². The smallest absolute Gasteiger partial charge is 0.261 e. The molecule has 0 heterocycles. The van der Waals surface area contributed by atoms with Gasteiger partial charge in [0.05, 0.1) is 6.61 Å². The lowest BCUT2D eigenvalue weighted by Gasteiger charge is -2.08. The zero-order valence-corrected chi connectivity index (χ0v) is 10.8. The highest BCUT2D eigenvalue weighted by Gasteiger charge is 2.17. The summed E-state index contributed by atoms with van der Waals surface area (Å²) in [6, 6.07) is 10.2. The fraction of sp³-hybridized carbons (Fsp3) is 0.133. The Bertz CT molecular complexity index is 609. The predicted octanol–water partition coefficient (Wildman–Crippen LogP) is 3.36. The average molecular weight is 277 g/mol. The molecular formula is C15H13F2NO2. The van der Waals surface area contributed by atoms with E-state index in [9.17, 15) is 13.6 Å². The number of amides is 1. The fourth-order valence-corrected chi connectivity index (χ4v) is 1.81. The van der Waals surface area contributed by atoms with Crippen molar-refractivity contribution in [3.63, 3.8) is 0 Å². The van der Waals surface area contributed by atoms with Crippen LogP contribution in [0.2, 0.25) is 0 Å². The van der Waals surface area contributed by atoms with Gasteiger partial charge in [-0.25, -0.2) is 8.78 Å². The highest BCUT2D eigenvalue weighted by Crippen LogP contribution is 2.16. The van der Waals surface area contributed by atoms with E-state index < -0.39 is 23.1 Å². The predicted molar refractivity (Wildman–Crippen MR) is 71.5 cm³/mol. The molecule has 0 aromatic heterocycles. The molecule has 0 radical (unpaired) electrons. The second-order valence-electron chi connectivity index (χ2n) is 4.18. The Morgan fingerprint density at radius 2 is 1.80 bits per heavy atom. The summed E-state index contributed by atoms with van der Waals surface area (Å²) in [6.45, 7) is 0.387. The molecule has 0 aliphatic carbocycles. The third-order valence-electron chi connectivity index (χ3n) is 2.69. The molecule has 0 saturated heterocycles. The van der Waals surface area contributed by atoms with Crippen LogP contribution >= 0.6 is 0 Å². The SMILES string of the molecule is COCc1cccc(NC(=O)c2c(F)cccc2F)c1. The first kappa shape index (κ1) is 14.1. The first-order valence-electron chi connectivity index (χ1n) is 5.95. The molecule has 5 heteroatoms. The van der Waals surface area contributed by atoms with Gasteiger partial charge in [0.2, 0.25) is 0 Å². The van der Waals surface area contributed by atoms with Crippen molar-refractivity contribution in [2.24, 2.45) is 0 Å². The van der Waals surface area contributed by atoms with E-state index in [0.717, 1.165) is 17.7 Å². The highest BCUT2D eigenvalue weighted by molar-refractivity contribution is 6.04. The minimum Gasteiger partial charge on any atom is -0.380 e. The zero-order valence-electron chi connectivity index (χ0n) is 10.8. The van der Waals surface area contributed by atoms with Crippen LogP contribution in [0.25, 0.3) is 0 Å². The summed E-state index contributed by atoms with van der Waals surface area (Å²) in [5.41, 5.74) is 0.705. The minimum atomic E-state index is -0.893. The quantitative estimate of drug-likeness (QED) is 0.930. The van der Waals surface area contributed by atoms with Crippen molar-refractivity contribution in [1.29, 1.82) is 0 Å². The summed E-state index contributed by atoms with van der Waals surface area (Å²) in [5, 5.41) is 2.46. The minimum absolute atomic E-state index is 0.387. The monoisotopic (exact) mass is 277 g/mol. The van der Waals surface area contributed by atoms with Crippen LogP contribution < -0.4 is 5.32 Å². The molecule has 3 nitrogen and oxygen atoms in total. The Balaban J connectivity index is 2.21. The second kappa shape index (κ2) is 6.25. The van der Waals surface area contributed by atoms with E-state index in [1.807, 2.05) is 6.07 Å². The van der Waals surface area contributed by atoms with Gasteiger partial charge >= 0.3 is 0 Å². The molecule has 1 amide bonds. The van der Waals surface area contributed by atoms with Crippen molar-refractivity contribution in [2.75, 3.05) is 12.4 Å². The molecule has 0 atom stereocenters. The molecule has 2 aromatic rings. The molecule has 0 fully saturated rings. The van der Waals surface area contributed by atoms with Crippen LogP contribution in [0, 0.1) is 11.6 Å². The highest BCUT2D eigenvalue weighted by atomic mass is 19.1. The molecule has 2 aromatic carbocycles. The molecule has 20 heavy (non-hydrogen) atoms. The standard InChI is InChI=1S/C15H13F2NO2/c1-20-9-10-4-2-5-11(8-10)18-15(19)14-12(16)6-3-7-13(14)17/h2-8H,9H2,1H3,(H,18,19). The Kier molecular flexibility index (Phi) is 4.42.